The van der Waals surface area contributed by atoms with Crippen LogP contribution in [0.4, 0.5) is 0 Å². The van der Waals surface area contributed by atoms with Crippen LogP contribution in [0.1, 0.15) is 149 Å². The molecule has 11 nitrogen and oxygen atoms in total. The number of rotatable bonds is 36. The van der Waals surface area contributed by atoms with Crippen LogP contribution >= 0.6 is 7.82 Å². The summed E-state index contributed by atoms with van der Waals surface area (Å²) in [6, 6.07) is 0. The molecule has 0 aliphatic heterocycles. The second-order valence-electron chi connectivity index (χ2n) is 13.8. The highest BCUT2D eigenvalue weighted by Gasteiger charge is 2.27. The monoisotopic (exact) mass is 772 g/mol. The van der Waals surface area contributed by atoms with Gasteiger partial charge >= 0.3 is 19.8 Å². The Morgan fingerprint density at radius 1 is 0.642 bits per heavy atom. The molecule has 12 heteroatoms. The lowest BCUT2D eigenvalue weighted by molar-refractivity contribution is -0.161. The van der Waals surface area contributed by atoms with Crippen LogP contribution in [0.2, 0.25) is 0 Å². The van der Waals surface area contributed by atoms with Gasteiger partial charge in [0.2, 0.25) is 0 Å². The van der Waals surface area contributed by atoms with Crippen molar-refractivity contribution in [3.8, 4) is 0 Å². The molecule has 0 spiro atoms. The molecule has 53 heavy (non-hydrogen) atoms. The summed E-state index contributed by atoms with van der Waals surface area (Å²) >= 11 is 0. The maximum absolute atomic E-state index is 12.6. The molecule has 4 N–H and O–H groups in total. The minimum Gasteiger partial charge on any atom is -0.462 e. The fourth-order valence-corrected chi connectivity index (χ4v) is 5.83. The number of carbonyl (C=O) groups is 2. The van der Waals surface area contributed by atoms with E-state index in [-0.39, 0.29) is 25.6 Å². The lowest BCUT2D eigenvalue weighted by atomic mass is 9.99. The number of allylic oxidation sites excluding steroid dienone is 8. The Morgan fingerprint density at radius 2 is 1.15 bits per heavy atom. The van der Waals surface area contributed by atoms with E-state index in [1.807, 2.05) is 19.1 Å². The molecular weight excluding hydrogens is 699 g/mol. The number of aliphatic hydroxyl groups is 3. The highest BCUT2D eigenvalue weighted by atomic mass is 31.2. The highest BCUT2D eigenvalue weighted by molar-refractivity contribution is 7.47. The molecule has 0 bridgehead atoms. The van der Waals surface area contributed by atoms with Gasteiger partial charge in [0.15, 0.2) is 6.10 Å². The molecular formula is C41H73O11P. The number of ether oxygens (including phenoxy) is 2. The molecule has 308 valence electrons. The van der Waals surface area contributed by atoms with Gasteiger partial charge in [-0.15, -0.1) is 0 Å². The third kappa shape index (κ3) is 36.6. The van der Waals surface area contributed by atoms with E-state index in [9.17, 15) is 29.3 Å². The summed E-state index contributed by atoms with van der Waals surface area (Å²) in [6.07, 6.45) is 32.2. The molecule has 0 aliphatic rings. The van der Waals surface area contributed by atoms with Crippen molar-refractivity contribution in [2.45, 2.75) is 167 Å². The van der Waals surface area contributed by atoms with Crippen LogP contribution in [0.3, 0.4) is 0 Å². The zero-order valence-corrected chi connectivity index (χ0v) is 33.9. The Bertz CT molecular complexity index is 1060. The maximum atomic E-state index is 12.6. The van der Waals surface area contributed by atoms with Crippen molar-refractivity contribution in [2.24, 2.45) is 5.92 Å². The minimum absolute atomic E-state index is 0.0955. The van der Waals surface area contributed by atoms with Crippen LogP contribution in [0.5, 0.6) is 0 Å². The predicted octanol–water partition coefficient (Wildman–Crippen LogP) is 8.99. The smallest absolute Gasteiger partial charge is 0.462 e. The van der Waals surface area contributed by atoms with Gasteiger partial charge in [-0.2, -0.15) is 0 Å². The van der Waals surface area contributed by atoms with E-state index >= 15 is 0 Å². The normalized spacial score (nSPS) is 15.7. The Hall–Kier alpha value is -2.11. The molecule has 0 aliphatic carbocycles. The molecule has 0 saturated heterocycles. The van der Waals surface area contributed by atoms with Crippen LogP contribution < -0.4 is 0 Å². The number of hydrogen-bond acceptors (Lipinski definition) is 10. The van der Waals surface area contributed by atoms with Crippen LogP contribution in [-0.4, -0.2) is 76.9 Å². The summed E-state index contributed by atoms with van der Waals surface area (Å²) in [4.78, 5) is 34.8. The number of esters is 2. The molecule has 0 saturated carbocycles. The molecule has 0 aromatic heterocycles. The fourth-order valence-electron chi connectivity index (χ4n) is 5.04. The van der Waals surface area contributed by atoms with E-state index in [1.165, 1.54) is 38.5 Å². The molecule has 0 aromatic rings. The highest BCUT2D eigenvalue weighted by Crippen LogP contribution is 2.43. The zero-order valence-electron chi connectivity index (χ0n) is 33.0. The van der Waals surface area contributed by atoms with E-state index in [4.69, 9.17) is 19.1 Å². The molecule has 2 unspecified atom stereocenters. The van der Waals surface area contributed by atoms with Crippen LogP contribution in [0, 0.1) is 5.92 Å². The first-order valence-electron chi connectivity index (χ1n) is 20.0. The molecule has 0 fully saturated rings. The zero-order chi connectivity index (χ0) is 39.4. The van der Waals surface area contributed by atoms with Crippen LogP contribution in [0.25, 0.3) is 0 Å². The van der Waals surface area contributed by atoms with Crippen molar-refractivity contribution >= 4 is 19.8 Å². The molecule has 0 radical (unpaired) electrons. The van der Waals surface area contributed by atoms with Gasteiger partial charge in [0.25, 0.3) is 0 Å². The predicted molar refractivity (Wildman–Crippen MR) is 211 cm³/mol. The lowest BCUT2D eigenvalue weighted by Gasteiger charge is -2.20. The SMILES string of the molecule is CCC(C)CCCCCCCCCCC(=O)OC[C@H](COP(=O)(O)OC[C@@H](O)CO)OC(=O)CCC/C=C\C/C=C\C/C=C\C/C=C\CCC[C@H](C)O. The first-order chi connectivity index (χ1) is 25.5. The summed E-state index contributed by atoms with van der Waals surface area (Å²) in [7, 11) is -4.64. The van der Waals surface area contributed by atoms with Crippen molar-refractivity contribution < 1.29 is 52.9 Å². The summed E-state index contributed by atoms with van der Waals surface area (Å²) in [5, 5.41) is 27.5. The van der Waals surface area contributed by atoms with Crippen LogP contribution in [0.15, 0.2) is 48.6 Å². The molecule has 0 rings (SSSR count). The van der Waals surface area contributed by atoms with Crippen molar-refractivity contribution in [3.05, 3.63) is 48.6 Å². The van der Waals surface area contributed by atoms with Crippen molar-refractivity contribution in [2.75, 3.05) is 26.4 Å². The van der Waals surface area contributed by atoms with Crippen molar-refractivity contribution in [1.82, 2.24) is 0 Å². The average Bonchev–Trinajstić information content (AvgIpc) is 3.13. The van der Waals surface area contributed by atoms with Gasteiger partial charge in [-0.25, -0.2) is 4.57 Å². The summed E-state index contributed by atoms with van der Waals surface area (Å²) in [5.41, 5.74) is 0. The van der Waals surface area contributed by atoms with E-state index in [0.29, 0.717) is 19.3 Å². The second kappa shape index (κ2) is 35.6. The molecule has 0 aromatic carbocycles. The maximum Gasteiger partial charge on any atom is 0.472 e. The van der Waals surface area contributed by atoms with Gasteiger partial charge in [-0.05, 0) is 70.6 Å². The number of hydrogen-bond donors (Lipinski definition) is 4. The van der Waals surface area contributed by atoms with E-state index in [2.05, 4.69) is 54.8 Å². The van der Waals surface area contributed by atoms with Gasteiger partial charge in [0.1, 0.15) is 12.7 Å². The van der Waals surface area contributed by atoms with Gasteiger partial charge in [0.05, 0.1) is 25.9 Å². The second-order valence-corrected chi connectivity index (χ2v) is 15.3. The number of phosphoric acid groups is 1. The fraction of sp³-hybridized carbons (Fsp3) is 0.756. The number of carbonyl (C=O) groups excluding carboxylic acids is 2. The lowest BCUT2D eigenvalue weighted by Crippen LogP contribution is -2.29. The summed E-state index contributed by atoms with van der Waals surface area (Å²) in [6.45, 7) is 4.15. The number of aliphatic hydroxyl groups excluding tert-OH is 3. The topological polar surface area (TPSA) is 169 Å². The Kier molecular flexibility index (Phi) is 34.2. The van der Waals surface area contributed by atoms with Crippen molar-refractivity contribution in [3.63, 3.8) is 0 Å². The Morgan fingerprint density at radius 3 is 1.72 bits per heavy atom. The number of phosphoric ester groups is 1. The van der Waals surface area contributed by atoms with Gasteiger partial charge in [-0.3, -0.25) is 18.6 Å². The summed E-state index contributed by atoms with van der Waals surface area (Å²) < 4.78 is 32.5. The molecule has 0 amide bonds. The average molecular weight is 773 g/mol. The standard InChI is InChI=1S/C41H73O11P/c1-4-36(2)28-24-20-16-14-15-18-22-26-30-40(45)49-34-39(35-51-53(47,48)50-33-38(44)32-42)52-41(46)31-27-23-19-13-11-9-7-5-6-8-10-12-17-21-25-29-37(3)43/h6-9,12-13,17,19,36-39,42-44H,4-5,10-11,14-16,18,20-35H2,1-3H3,(H,47,48)/b8-6-,9-7-,17-12-,19-13-/t36?,37-,38-,39+/m0/s1. The minimum atomic E-state index is -4.64. The largest absolute Gasteiger partial charge is 0.472 e. The van der Waals surface area contributed by atoms with Crippen LogP contribution in [-0.2, 0) is 32.7 Å². The van der Waals surface area contributed by atoms with Gasteiger partial charge in [0, 0.05) is 12.8 Å². The first kappa shape index (κ1) is 50.9. The van der Waals surface area contributed by atoms with Gasteiger partial charge in [-0.1, -0.05) is 120 Å². The Balaban J connectivity index is 4.47. The number of unbranched alkanes of at least 4 members (excludes halogenated alkanes) is 9. The van der Waals surface area contributed by atoms with E-state index < -0.39 is 51.8 Å². The third-order valence-electron chi connectivity index (χ3n) is 8.55. The third-order valence-corrected chi connectivity index (χ3v) is 9.50. The Labute approximate surface area is 320 Å². The molecule has 0 heterocycles. The van der Waals surface area contributed by atoms with E-state index in [0.717, 1.165) is 63.7 Å². The molecule has 5 atom stereocenters. The first-order valence-corrected chi connectivity index (χ1v) is 21.5. The summed E-state index contributed by atoms with van der Waals surface area (Å²) in [5.74, 6) is -0.206. The quantitative estimate of drug-likeness (QED) is 0.0208. The van der Waals surface area contributed by atoms with Crippen molar-refractivity contribution in [1.29, 1.82) is 0 Å². The van der Waals surface area contributed by atoms with E-state index in [1.54, 1.807) is 0 Å². The van der Waals surface area contributed by atoms with Gasteiger partial charge < -0.3 is 29.7 Å².